The van der Waals surface area contributed by atoms with Crippen molar-refractivity contribution in [2.45, 2.75) is 44.8 Å². The van der Waals surface area contributed by atoms with Crippen molar-refractivity contribution in [3.63, 3.8) is 0 Å². The molecule has 0 aliphatic heterocycles. The summed E-state index contributed by atoms with van der Waals surface area (Å²) in [5.41, 5.74) is 9.16. The maximum atomic E-state index is 13.9. The van der Waals surface area contributed by atoms with Crippen LogP contribution >= 0.6 is 0 Å². The molecule has 0 fully saturated rings. The average Bonchev–Trinajstić information content (AvgIpc) is 2.81. The number of carbonyl (C=O) groups excluding carboxylic acids is 1. The van der Waals surface area contributed by atoms with E-state index in [0.717, 1.165) is 23.6 Å². The predicted octanol–water partition coefficient (Wildman–Crippen LogP) is 4.50. The van der Waals surface area contributed by atoms with E-state index in [4.69, 9.17) is 5.73 Å². The van der Waals surface area contributed by atoms with Crippen LogP contribution in [0, 0.1) is 17.6 Å². The number of carbonyl (C=O) groups is 1. The van der Waals surface area contributed by atoms with Crippen LogP contribution in [0.25, 0.3) is 0 Å². The second-order valence-electron chi connectivity index (χ2n) is 8.71. The molecule has 0 heterocycles. The first kappa shape index (κ1) is 25.5. The number of aryl methyl sites for hydroxylation is 1. The molecule has 34 heavy (non-hydrogen) atoms. The Labute approximate surface area is 199 Å². The smallest absolute Gasteiger partial charge is 0.218 e. The molecule has 0 radical (unpaired) electrons. The molecule has 1 unspecified atom stereocenters. The number of aliphatic hydroxyl groups excluding tert-OH is 1. The lowest BCUT2D eigenvalue weighted by Crippen LogP contribution is -2.38. The maximum Gasteiger partial charge on any atom is 0.218 e. The lowest BCUT2D eigenvalue weighted by Gasteiger charge is -2.31. The van der Waals surface area contributed by atoms with Crippen molar-refractivity contribution in [3.05, 3.63) is 107 Å². The average molecular weight is 467 g/mol. The standard InChI is InChI=1S/C28H32F2N2O2/c1-2-19-7-6-8-20(11-19)17-32-18-27(33)26(14-21-12-23(29)15-24(30)13-21)25(16-28(31)34)22-9-4-3-5-10-22/h3-13,15,25-27,32-33H,2,14,16-18H2,1H3,(H2,31,34)/t25?,26-,27-/m0/s1. The third-order valence-electron chi connectivity index (χ3n) is 6.14. The van der Waals surface area contributed by atoms with Crippen LogP contribution in [0.2, 0.25) is 0 Å². The van der Waals surface area contributed by atoms with Gasteiger partial charge in [0.25, 0.3) is 0 Å². The van der Waals surface area contributed by atoms with Crippen LogP contribution < -0.4 is 11.1 Å². The number of primary amides is 1. The second-order valence-corrected chi connectivity index (χ2v) is 8.71. The summed E-state index contributed by atoms with van der Waals surface area (Å²) in [5, 5.41) is 14.5. The molecule has 3 rings (SSSR count). The minimum absolute atomic E-state index is 0.0160. The highest BCUT2D eigenvalue weighted by atomic mass is 19.1. The number of nitrogens with two attached hydrogens (primary N) is 1. The van der Waals surface area contributed by atoms with E-state index < -0.39 is 35.5 Å². The van der Waals surface area contributed by atoms with E-state index in [0.29, 0.717) is 12.1 Å². The van der Waals surface area contributed by atoms with Crippen molar-refractivity contribution in [3.8, 4) is 0 Å². The van der Waals surface area contributed by atoms with Crippen molar-refractivity contribution < 1.29 is 18.7 Å². The Bertz CT molecular complexity index is 1050. The minimum atomic E-state index is -0.884. The van der Waals surface area contributed by atoms with Gasteiger partial charge in [0.1, 0.15) is 11.6 Å². The summed E-state index contributed by atoms with van der Waals surface area (Å²) in [6.07, 6.45) is 0.261. The van der Waals surface area contributed by atoms with E-state index in [1.165, 1.54) is 17.7 Å². The van der Waals surface area contributed by atoms with Crippen molar-refractivity contribution in [2.24, 2.45) is 11.7 Å². The van der Waals surface area contributed by atoms with Gasteiger partial charge in [-0.3, -0.25) is 4.79 Å². The quantitative estimate of drug-likeness (QED) is 0.368. The van der Waals surface area contributed by atoms with Gasteiger partial charge in [0.15, 0.2) is 0 Å². The van der Waals surface area contributed by atoms with Crippen molar-refractivity contribution in [2.75, 3.05) is 6.54 Å². The molecule has 0 saturated carbocycles. The molecule has 3 aromatic rings. The SMILES string of the molecule is CCc1cccc(CNC[C@H](O)[C@@H](Cc2cc(F)cc(F)c2)C(CC(N)=O)c2ccccc2)c1. The van der Waals surface area contributed by atoms with Crippen molar-refractivity contribution >= 4 is 5.91 Å². The van der Waals surface area contributed by atoms with Crippen LogP contribution in [0.3, 0.4) is 0 Å². The molecule has 4 N–H and O–H groups in total. The summed E-state index contributed by atoms with van der Waals surface area (Å²) in [5.74, 6) is -2.76. The molecule has 0 bridgehead atoms. The zero-order valence-corrected chi connectivity index (χ0v) is 19.4. The van der Waals surface area contributed by atoms with Gasteiger partial charge in [0.2, 0.25) is 5.91 Å². The van der Waals surface area contributed by atoms with Gasteiger partial charge in [0.05, 0.1) is 6.10 Å². The number of hydrogen-bond donors (Lipinski definition) is 3. The molecule has 4 nitrogen and oxygen atoms in total. The fourth-order valence-electron chi connectivity index (χ4n) is 4.46. The lowest BCUT2D eigenvalue weighted by atomic mass is 9.76. The molecule has 0 aliphatic carbocycles. The van der Waals surface area contributed by atoms with Gasteiger partial charge in [-0.1, -0.05) is 61.5 Å². The number of amides is 1. The Morgan fingerprint density at radius 1 is 0.941 bits per heavy atom. The van der Waals surface area contributed by atoms with Gasteiger partial charge in [-0.05, 0) is 59.1 Å². The zero-order chi connectivity index (χ0) is 24.5. The van der Waals surface area contributed by atoms with E-state index in [-0.39, 0.29) is 19.4 Å². The summed E-state index contributed by atoms with van der Waals surface area (Å²) < 4.78 is 27.8. The van der Waals surface area contributed by atoms with E-state index in [1.54, 1.807) is 0 Å². The molecule has 3 aromatic carbocycles. The maximum absolute atomic E-state index is 13.9. The molecular formula is C28H32F2N2O2. The summed E-state index contributed by atoms with van der Waals surface area (Å²) >= 11 is 0. The molecule has 1 amide bonds. The Balaban J connectivity index is 1.83. The first-order valence-corrected chi connectivity index (χ1v) is 11.6. The van der Waals surface area contributed by atoms with Gasteiger partial charge in [0, 0.05) is 25.6 Å². The third kappa shape index (κ3) is 7.47. The Hall–Kier alpha value is -3.09. The molecule has 6 heteroatoms. The number of nitrogens with one attached hydrogen (secondary N) is 1. The normalized spacial score (nSPS) is 13.9. The topological polar surface area (TPSA) is 75.3 Å². The predicted molar refractivity (Wildman–Crippen MR) is 130 cm³/mol. The van der Waals surface area contributed by atoms with Crippen LogP contribution in [0.5, 0.6) is 0 Å². The first-order valence-electron chi connectivity index (χ1n) is 11.6. The third-order valence-corrected chi connectivity index (χ3v) is 6.14. The Morgan fingerprint density at radius 3 is 2.26 bits per heavy atom. The van der Waals surface area contributed by atoms with Crippen LogP contribution in [0.1, 0.15) is 41.5 Å². The number of rotatable bonds is 12. The highest BCUT2D eigenvalue weighted by Crippen LogP contribution is 2.33. The Kier molecular flexibility index (Phi) is 9.31. The summed E-state index contributed by atoms with van der Waals surface area (Å²) in [4.78, 5) is 11.9. The highest BCUT2D eigenvalue weighted by Gasteiger charge is 2.31. The summed E-state index contributed by atoms with van der Waals surface area (Å²) in [6.45, 7) is 2.91. The Morgan fingerprint density at radius 2 is 1.62 bits per heavy atom. The fraction of sp³-hybridized carbons (Fsp3) is 0.321. The number of halogens is 2. The van der Waals surface area contributed by atoms with Gasteiger partial charge in [-0.2, -0.15) is 0 Å². The summed E-state index contributed by atoms with van der Waals surface area (Å²) in [7, 11) is 0. The number of hydrogen-bond acceptors (Lipinski definition) is 3. The molecule has 0 aliphatic rings. The van der Waals surface area contributed by atoms with Crippen molar-refractivity contribution in [1.29, 1.82) is 0 Å². The van der Waals surface area contributed by atoms with Gasteiger partial charge >= 0.3 is 0 Å². The van der Waals surface area contributed by atoms with Crippen LogP contribution in [-0.2, 0) is 24.2 Å². The van der Waals surface area contributed by atoms with Gasteiger partial charge in [-0.25, -0.2) is 8.78 Å². The number of aliphatic hydroxyl groups is 1. The van der Waals surface area contributed by atoms with E-state index in [9.17, 15) is 18.7 Å². The minimum Gasteiger partial charge on any atom is -0.391 e. The molecule has 0 spiro atoms. The molecule has 0 saturated heterocycles. The van der Waals surface area contributed by atoms with Gasteiger partial charge in [-0.15, -0.1) is 0 Å². The van der Waals surface area contributed by atoms with Crippen LogP contribution in [0.15, 0.2) is 72.8 Å². The largest absolute Gasteiger partial charge is 0.391 e. The first-order chi connectivity index (χ1) is 16.4. The molecule has 3 atom stereocenters. The zero-order valence-electron chi connectivity index (χ0n) is 19.4. The summed E-state index contributed by atoms with van der Waals surface area (Å²) in [6, 6.07) is 20.9. The van der Waals surface area contributed by atoms with Crippen LogP contribution in [0.4, 0.5) is 8.78 Å². The lowest BCUT2D eigenvalue weighted by molar-refractivity contribution is -0.118. The van der Waals surface area contributed by atoms with Crippen LogP contribution in [-0.4, -0.2) is 23.7 Å². The van der Waals surface area contributed by atoms with E-state index in [1.807, 2.05) is 42.5 Å². The fourth-order valence-corrected chi connectivity index (χ4v) is 4.46. The molecule has 180 valence electrons. The highest BCUT2D eigenvalue weighted by molar-refractivity contribution is 5.74. The van der Waals surface area contributed by atoms with Gasteiger partial charge < -0.3 is 16.2 Å². The molecule has 0 aromatic heterocycles. The monoisotopic (exact) mass is 466 g/mol. The van der Waals surface area contributed by atoms with E-state index in [2.05, 4.69) is 24.4 Å². The molecular weight excluding hydrogens is 434 g/mol. The van der Waals surface area contributed by atoms with E-state index >= 15 is 0 Å². The second kappa shape index (κ2) is 12.4. The van der Waals surface area contributed by atoms with Crippen molar-refractivity contribution in [1.82, 2.24) is 5.32 Å². The number of benzene rings is 3.